The maximum absolute atomic E-state index is 11.7. The molecule has 0 aromatic heterocycles. The van der Waals surface area contributed by atoms with E-state index < -0.39 is 0 Å². The Labute approximate surface area is 97.9 Å². The Morgan fingerprint density at radius 3 is 2.62 bits per heavy atom. The predicted molar refractivity (Wildman–Crippen MR) is 64.0 cm³/mol. The highest BCUT2D eigenvalue weighted by Gasteiger charge is 2.31. The first-order valence-electron chi connectivity index (χ1n) is 6.09. The van der Waals surface area contributed by atoms with Crippen molar-refractivity contribution in [1.82, 2.24) is 5.32 Å². The van der Waals surface area contributed by atoms with Crippen LogP contribution >= 0.6 is 0 Å². The van der Waals surface area contributed by atoms with Crippen LogP contribution in [0.1, 0.15) is 40.0 Å². The number of ether oxygens (including phenoxy) is 1. The quantitative estimate of drug-likeness (QED) is 0.714. The number of amides is 1. The van der Waals surface area contributed by atoms with E-state index >= 15 is 0 Å². The number of nitrogens with one attached hydrogen (secondary N) is 1. The zero-order valence-electron chi connectivity index (χ0n) is 10.6. The van der Waals surface area contributed by atoms with Gasteiger partial charge in [0, 0.05) is 25.1 Å². The Kier molecular flexibility index (Phi) is 4.74. The lowest BCUT2D eigenvalue weighted by Gasteiger charge is -2.35. The average Bonchev–Trinajstić information content (AvgIpc) is 2.14. The molecular weight excluding hydrogens is 204 g/mol. The minimum atomic E-state index is -0.292. The van der Waals surface area contributed by atoms with Crippen molar-refractivity contribution in [3.05, 3.63) is 0 Å². The van der Waals surface area contributed by atoms with Gasteiger partial charge >= 0.3 is 0 Å². The Morgan fingerprint density at radius 1 is 1.50 bits per heavy atom. The third-order valence-corrected chi connectivity index (χ3v) is 3.06. The highest BCUT2D eigenvalue weighted by molar-refractivity contribution is 5.77. The minimum absolute atomic E-state index is 0.107. The summed E-state index contributed by atoms with van der Waals surface area (Å²) in [7, 11) is 0. The fourth-order valence-corrected chi connectivity index (χ4v) is 1.95. The molecule has 0 saturated heterocycles. The van der Waals surface area contributed by atoms with E-state index in [2.05, 4.69) is 5.32 Å². The van der Waals surface area contributed by atoms with Crippen LogP contribution in [0.15, 0.2) is 0 Å². The van der Waals surface area contributed by atoms with Gasteiger partial charge in [-0.3, -0.25) is 4.79 Å². The van der Waals surface area contributed by atoms with Gasteiger partial charge < -0.3 is 15.8 Å². The van der Waals surface area contributed by atoms with E-state index in [1.165, 1.54) is 0 Å². The SMILES string of the molecule is CCOC1CC(CC(=O)NC(C)(C)CN)C1. The Bertz CT molecular complexity index is 235. The molecule has 0 radical (unpaired) electrons. The normalized spacial score (nSPS) is 25.0. The molecule has 0 heterocycles. The van der Waals surface area contributed by atoms with E-state index in [1.54, 1.807) is 0 Å². The van der Waals surface area contributed by atoms with Crippen molar-refractivity contribution in [2.45, 2.75) is 51.7 Å². The predicted octanol–water partition coefficient (Wildman–Crippen LogP) is 1.05. The molecule has 1 amide bonds. The minimum Gasteiger partial charge on any atom is -0.378 e. The van der Waals surface area contributed by atoms with Crippen LogP contribution in [0.2, 0.25) is 0 Å². The first-order valence-corrected chi connectivity index (χ1v) is 6.09. The van der Waals surface area contributed by atoms with Gasteiger partial charge in [0.1, 0.15) is 0 Å². The molecule has 3 N–H and O–H groups in total. The average molecular weight is 228 g/mol. The zero-order valence-corrected chi connectivity index (χ0v) is 10.6. The molecule has 1 aliphatic carbocycles. The third kappa shape index (κ3) is 4.10. The molecule has 4 nitrogen and oxygen atoms in total. The summed E-state index contributed by atoms with van der Waals surface area (Å²) in [6.45, 7) is 7.11. The molecule has 0 spiro atoms. The van der Waals surface area contributed by atoms with Crippen molar-refractivity contribution < 1.29 is 9.53 Å². The molecule has 0 unspecified atom stereocenters. The second-order valence-corrected chi connectivity index (χ2v) is 5.26. The first-order chi connectivity index (χ1) is 7.46. The number of carbonyl (C=O) groups excluding carboxylic acids is 1. The molecule has 0 aliphatic heterocycles. The summed E-state index contributed by atoms with van der Waals surface area (Å²) in [5.41, 5.74) is 5.27. The smallest absolute Gasteiger partial charge is 0.220 e. The Morgan fingerprint density at radius 2 is 2.12 bits per heavy atom. The topological polar surface area (TPSA) is 64.3 Å². The molecule has 1 saturated carbocycles. The summed E-state index contributed by atoms with van der Waals surface area (Å²) in [5.74, 6) is 0.598. The van der Waals surface area contributed by atoms with Crippen molar-refractivity contribution in [3.63, 3.8) is 0 Å². The summed E-state index contributed by atoms with van der Waals surface area (Å²) in [5, 5.41) is 2.95. The van der Waals surface area contributed by atoms with Crippen molar-refractivity contribution >= 4 is 5.91 Å². The van der Waals surface area contributed by atoms with Crippen LogP contribution in [0.25, 0.3) is 0 Å². The van der Waals surface area contributed by atoms with Crippen molar-refractivity contribution in [2.24, 2.45) is 11.7 Å². The molecule has 0 atom stereocenters. The van der Waals surface area contributed by atoms with Gasteiger partial charge in [0.15, 0.2) is 0 Å². The summed E-state index contributed by atoms with van der Waals surface area (Å²) in [6.07, 6.45) is 3.02. The van der Waals surface area contributed by atoms with Crippen molar-refractivity contribution in [1.29, 1.82) is 0 Å². The fraction of sp³-hybridized carbons (Fsp3) is 0.917. The Hall–Kier alpha value is -0.610. The van der Waals surface area contributed by atoms with E-state index in [9.17, 15) is 4.79 Å². The van der Waals surface area contributed by atoms with Crippen molar-refractivity contribution in [3.8, 4) is 0 Å². The molecule has 4 heteroatoms. The maximum atomic E-state index is 11.7. The molecule has 0 aromatic carbocycles. The van der Waals surface area contributed by atoms with Gasteiger partial charge in [-0.05, 0) is 39.5 Å². The zero-order chi connectivity index (χ0) is 12.2. The summed E-state index contributed by atoms with van der Waals surface area (Å²) < 4.78 is 5.46. The fourth-order valence-electron chi connectivity index (χ4n) is 1.95. The van der Waals surface area contributed by atoms with Gasteiger partial charge in [0.2, 0.25) is 5.91 Å². The number of nitrogens with two attached hydrogens (primary N) is 1. The van der Waals surface area contributed by atoms with Crippen LogP contribution in [0.3, 0.4) is 0 Å². The van der Waals surface area contributed by atoms with Gasteiger partial charge in [-0.1, -0.05) is 0 Å². The summed E-state index contributed by atoms with van der Waals surface area (Å²) in [4.78, 5) is 11.7. The highest BCUT2D eigenvalue weighted by Crippen LogP contribution is 2.32. The van der Waals surface area contributed by atoms with Crippen LogP contribution in [0.5, 0.6) is 0 Å². The molecule has 1 fully saturated rings. The summed E-state index contributed by atoms with van der Waals surface area (Å²) >= 11 is 0. The summed E-state index contributed by atoms with van der Waals surface area (Å²) in [6, 6.07) is 0. The lowest BCUT2D eigenvalue weighted by atomic mass is 9.79. The van der Waals surface area contributed by atoms with E-state index in [1.807, 2.05) is 20.8 Å². The van der Waals surface area contributed by atoms with E-state index in [-0.39, 0.29) is 11.4 Å². The number of hydrogen-bond acceptors (Lipinski definition) is 3. The van der Waals surface area contributed by atoms with E-state index in [0.717, 1.165) is 19.4 Å². The maximum Gasteiger partial charge on any atom is 0.220 e. The lowest BCUT2D eigenvalue weighted by Crippen LogP contribution is -2.49. The Balaban J connectivity index is 2.17. The van der Waals surface area contributed by atoms with E-state index in [4.69, 9.17) is 10.5 Å². The van der Waals surface area contributed by atoms with Gasteiger partial charge in [-0.25, -0.2) is 0 Å². The van der Waals surface area contributed by atoms with Crippen LogP contribution in [-0.4, -0.2) is 30.7 Å². The van der Waals surface area contributed by atoms with Crippen LogP contribution < -0.4 is 11.1 Å². The van der Waals surface area contributed by atoms with Crippen LogP contribution in [0, 0.1) is 5.92 Å². The van der Waals surface area contributed by atoms with Gasteiger partial charge in [0.05, 0.1) is 6.10 Å². The number of rotatable bonds is 6. The molecule has 1 rings (SSSR count). The second-order valence-electron chi connectivity index (χ2n) is 5.26. The largest absolute Gasteiger partial charge is 0.378 e. The molecule has 1 aliphatic rings. The van der Waals surface area contributed by atoms with Crippen LogP contribution in [-0.2, 0) is 9.53 Å². The van der Waals surface area contributed by atoms with Crippen molar-refractivity contribution in [2.75, 3.05) is 13.2 Å². The molecular formula is C12H24N2O2. The molecule has 16 heavy (non-hydrogen) atoms. The molecule has 0 aromatic rings. The van der Waals surface area contributed by atoms with Gasteiger partial charge in [-0.15, -0.1) is 0 Å². The monoisotopic (exact) mass is 228 g/mol. The molecule has 0 bridgehead atoms. The number of carbonyl (C=O) groups is 1. The second kappa shape index (κ2) is 5.64. The lowest BCUT2D eigenvalue weighted by molar-refractivity contribution is -0.125. The highest BCUT2D eigenvalue weighted by atomic mass is 16.5. The van der Waals surface area contributed by atoms with Crippen LogP contribution in [0.4, 0.5) is 0 Å². The molecule has 94 valence electrons. The van der Waals surface area contributed by atoms with Gasteiger partial charge in [0.25, 0.3) is 0 Å². The van der Waals surface area contributed by atoms with E-state index in [0.29, 0.717) is 25.0 Å². The van der Waals surface area contributed by atoms with Gasteiger partial charge in [-0.2, -0.15) is 0 Å². The third-order valence-electron chi connectivity index (χ3n) is 3.06. The standard InChI is InChI=1S/C12H24N2O2/c1-4-16-10-5-9(6-10)7-11(15)14-12(2,3)8-13/h9-10H,4-8,13H2,1-3H3,(H,14,15). The first kappa shape index (κ1) is 13.5. The number of hydrogen-bond donors (Lipinski definition) is 2.